The van der Waals surface area contributed by atoms with E-state index in [-0.39, 0.29) is 17.7 Å². The highest BCUT2D eigenvalue weighted by Crippen LogP contribution is 2.38. The Morgan fingerprint density at radius 1 is 1.69 bits per heavy atom. The standard InChI is InChI=1S/C8H12N2O3/c11-7-4-3-6(4)10-5(7)1-2-9-8(12)13/h4-6,9-10H,1-3H2,(H,12,13)/t4-,5-,6-/m0/s1. The third-order valence-corrected chi connectivity index (χ3v) is 2.62. The minimum absolute atomic E-state index is 0.115. The van der Waals surface area contributed by atoms with Gasteiger partial charge in [-0.15, -0.1) is 0 Å². The van der Waals surface area contributed by atoms with Gasteiger partial charge in [0.2, 0.25) is 0 Å². The van der Waals surface area contributed by atoms with Gasteiger partial charge in [0.15, 0.2) is 5.78 Å². The number of amides is 1. The van der Waals surface area contributed by atoms with Gasteiger partial charge >= 0.3 is 6.09 Å². The van der Waals surface area contributed by atoms with Gasteiger partial charge in [0.1, 0.15) is 0 Å². The number of fused-ring (bicyclic) bond motifs is 1. The van der Waals surface area contributed by atoms with Gasteiger partial charge in [0.25, 0.3) is 0 Å². The second-order valence-electron chi connectivity index (χ2n) is 3.59. The van der Waals surface area contributed by atoms with E-state index in [0.29, 0.717) is 19.0 Å². The molecule has 1 saturated heterocycles. The molecule has 5 nitrogen and oxygen atoms in total. The van der Waals surface area contributed by atoms with Gasteiger partial charge in [0.05, 0.1) is 6.04 Å². The molecular formula is C8H12N2O3. The summed E-state index contributed by atoms with van der Waals surface area (Å²) in [6, 6.07) is 0.276. The van der Waals surface area contributed by atoms with Crippen molar-refractivity contribution in [3.63, 3.8) is 0 Å². The fraction of sp³-hybridized carbons (Fsp3) is 0.750. The summed E-state index contributed by atoms with van der Waals surface area (Å²) in [7, 11) is 0. The van der Waals surface area contributed by atoms with Crippen molar-refractivity contribution in [3.8, 4) is 0 Å². The Hall–Kier alpha value is -1.10. The number of carbonyl (C=O) groups excluding carboxylic acids is 1. The minimum Gasteiger partial charge on any atom is -0.465 e. The molecule has 0 spiro atoms. The predicted molar refractivity (Wildman–Crippen MR) is 44.5 cm³/mol. The largest absolute Gasteiger partial charge is 0.465 e. The highest BCUT2D eigenvalue weighted by atomic mass is 16.4. The van der Waals surface area contributed by atoms with Crippen LogP contribution in [0.5, 0.6) is 0 Å². The van der Waals surface area contributed by atoms with E-state index in [1.54, 1.807) is 0 Å². The topological polar surface area (TPSA) is 78.4 Å². The fourth-order valence-electron chi connectivity index (χ4n) is 1.84. The number of rotatable bonds is 3. The number of hydrogen-bond acceptors (Lipinski definition) is 3. The van der Waals surface area contributed by atoms with E-state index in [2.05, 4.69) is 10.6 Å². The fourth-order valence-corrected chi connectivity index (χ4v) is 1.84. The van der Waals surface area contributed by atoms with E-state index in [0.717, 1.165) is 6.42 Å². The summed E-state index contributed by atoms with van der Waals surface area (Å²) in [6.45, 7) is 0.345. The molecule has 0 aromatic carbocycles. The van der Waals surface area contributed by atoms with Crippen LogP contribution in [0.2, 0.25) is 0 Å². The molecule has 5 heteroatoms. The van der Waals surface area contributed by atoms with Gasteiger partial charge in [-0.1, -0.05) is 0 Å². The highest BCUT2D eigenvalue weighted by Gasteiger charge is 2.52. The zero-order valence-electron chi connectivity index (χ0n) is 7.12. The second kappa shape index (κ2) is 2.99. The smallest absolute Gasteiger partial charge is 0.404 e. The van der Waals surface area contributed by atoms with Gasteiger partial charge in [-0.3, -0.25) is 4.79 Å². The minimum atomic E-state index is -1.03. The number of carbonyl (C=O) groups is 2. The van der Waals surface area contributed by atoms with Crippen molar-refractivity contribution in [1.82, 2.24) is 10.6 Å². The quantitative estimate of drug-likeness (QED) is 0.556. The summed E-state index contributed by atoms with van der Waals surface area (Å²) in [6.07, 6.45) is 0.510. The van der Waals surface area contributed by atoms with Crippen LogP contribution in [-0.2, 0) is 4.79 Å². The van der Waals surface area contributed by atoms with E-state index in [4.69, 9.17) is 5.11 Å². The summed E-state index contributed by atoms with van der Waals surface area (Å²) in [5.74, 6) is 0.493. The van der Waals surface area contributed by atoms with Crippen molar-refractivity contribution >= 4 is 11.9 Å². The molecular weight excluding hydrogens is 172 g/mol. The van der Waals surface area contributed by atoms with Gasteiger partial charge in [-0.2, -0.15) is 0 Å². The predicted octanol–water partition coefficient (Wildman–Crippen LogP) is -0.427. The summed E-state index contributed by atoms with van der Waals surface area (Å²) < 4.78 is 0. The van der Waals surface area contributed by atoms with E-state index in [1.165, 1.54) is 0 Å². The first-order valence-corrected chi connectivity index (χ1v) is 4.45. The first kappa shape index (κ1) is 8.50. The van der Waals surface area contributed by atoms with Gasteiger partial charge in [-0.25, -0.2) is 4.79 Å². The van der Waals surface area contributed by atoms with Crippen LogP contribution in [0.4, 0.5) is 4.79 Å². The molecule has 2 rings (SSSR count). The first-order valence-electron chi connectivity index (χ1n) is 4.45. The third kappa shape index (κ3) is 1.65. The highest BCUT2D eigenvalue weighted by molar-refractivity contribution is 5.92. The van der Waals surface area contributed by atoms with Crippen molar-refractivity contribution in [2.24, 2.45) is 5.92 Å². The van der Waals surface area contributed by atoms with E-state index in [9.17, 15) is 9.59 Å². The molecule has 0 radical (unpaired) electrons. The van der Waals surface area contributed by atoms with Crippen LogP contribution in [-0.4, -0.2) is 35.6 Å². The maximum atomic E-state index is 11.4. The summed E-state index contributed by atoms with van der Waals surface area (Å²) in [5, 5.41) is 13.7. The average Bonchev–Trinajstić information content (AvgIpc) is 2.74. The van der Waals surface area contributed by atoms with Crippen molar-refractivity contribution < 1.29 is 14.7 Å². The van der Waals surface area contributed by atoms with Gasteiger partial charge < -0.3 is 15.7 Å². The Kier molecular flexibility index (Phi) is 1.95. The normalized spacial score (nSPS) is 35.7. The summed E-state index contributed by atoms with van der Waals surface area (Å²) in [5.41, 5.74) is 0. The number of hydrogen-bond donors (Lipinski definition) is 3. The molecule has 2 fully saturated rings. The van der Waals surface area contributed by atoms with Crippen LogP contribution < -0.4 is 10.6 Å². The number of nitrogens with one attached hydrogen (secondary N) is 2. The molecule has 72 valence electrons. The molecule has 1 aliphatic carbocycles. The zero-order chi connectivity index (χ0) is 9.42. The van der Waals surface area contributed by atoms with Crippen molar-refractivity contribution in [2.45, 2.75) is 24.9 Å². The summed E-state index contributed by atoms with van der Waals surface area (Å²) >= 11 is 0. The van der Waals surface area contributed by atoms with Crippen LogP contribution >= 0.6 is 0 Å². The van der Waals surface area contributed by atoms with Crippen LogP contribution in [0.25, 0.3) is 0 Å². The molecule has 3 atom stereocenters. The SMILES string of the molecule is O=C(O)NCC[C@@H]1N[C@H]2C[C@@H]2C1=O. The molecule has 1 heterocycles. The van der Waals surface area contributed by atoms with Gasteiger partial charge in [-0.05, 0) is 12.8 Å². The summed E-state index contributed by atoms with van der Waals surface area (Å²) in [4.78, 5) is 21.5. The van der Waals surface area contributed by atoms with Crippen LogP contribution in [0.1, 0.15) is 12.8 Å². The zero-order valence-corrected chi connectivity index (χ0v) is 7.12. The number of piperidine rings is 1. The molecule has 0 unspecified atom stereocenters. The lowest BCUT2D eigenvalue weighted by atomic mass is 10.1. The average molecular weight is 184 g/mol. The molecule has 0 aromatic heterocycles. The van der Waals surface area contributed by atoms with Crippen LogP contribution in [0.3, 0.4) is 0 Å². The molecule has 0 aromatic rings. The maximum Gasteiger partial charge on any atom is 0.404 e. The lowest BCUT2D eigenvalue weighted by Gasteiger charge is -2.10. The number of Topliss-reactive ketones (excluding diaryl/α,β-unsaturated/α-hetero) is 1. The van der Waals surface area contributed by atoms with E-state index in [1.807, 2.05) is 0 Å². The maximum absolute atomic E-state index is 11.4. The number of ketones is 1. The number of carboxylic acid groups (broad SMARTS) is 1. The van der Waals surface area contributed by atoms with Crippen molar-refractivity contribution in [3.05, 3.63) is 0 Å². The van der Waals surface area contributed by atoms with Crippen LogP contribution in [0, 0.1) is 5.92 Å². The first-order chi connectivity index (χ1) is 6.18. The third-order valence-electron chi connectivity index (χ3n) is 2.62. The second-order valence-corrected chi connectivity index (χ2v) is 3.59. The molecule has 0 bridgehead atoms. The Labute approximate surface area is 75.5 Å². The van der Waals surface area contributed by atoms with Gasteiger partial charge in [0, 0.05) is 18.5 Å². The van der Waals surface area contributed by atoms with E-state index >= 15 is 0 Å². The van der Waals surface area contributed by atoms with Crippen LogP contribution in [0.15, 0.2) is 0 Å². The lowest BCUT2D eigenvalue weighted by Crippen LogP contribution is -2.35. The molecule has 13 heavy (non-hydrogen) atoms. The van der Waals surface area contributed by atoms with Crippen molar-refractivity contribution in [2.75, 3.05) is 6.54 Å². The molecule has 1 amide bonds. The lowest BCUT2D eigenvalue weighted by molar-refractivity contribution is -0.120. The molecule has 1 saturated carbocycles. The molecule has 2 aliphatic rings. The Bertz CT molecular complexity index is 254. The molecule has 3 N–H and O–H groups in total. The molecule has 1 aliphatic heterocycles. The Morgan fingerprint density at radius 2 is 2.46 bits per heavy atom. The van der Waals surface area contributed by atoms with E-state index < -0.39 is 6.09 Å². The monoisotopic (exact) mass is 184 g/mol. The Balaban J connectivity index is 1.71. The Morgan fingerprint density at radius 3 is 3.00 bits per heavy atom. The van der Waals surface area contributed by atoms with Crippen molar-refractivity contribution in [1.29, 1.82) is 0 Å².